The number of carbonyl (C=O) groups is 2. The quantitative estimate of drug-likeness (QED) is 0.638. The fourth-order valence-corrected chi connectivity index (χ4v) is 4.61. The number of amides is 2. The van der Waals surface area contributed by atoms with Crippen LogP contribution >= 0.6 is 27.3 Å². The van der Waals surface area contributed by atoms with Crippen molar-refractivity contribution in [3.05, 3.63) is 55.7 Å². The number of nitrogens with zero attached hydrogens (tertiary/aromatic N) is 2. The van der Waals surface area contributed by atoms with E-state index in [1.165, 1.54) is 11.3 Å². The number of rotatable bonds is 5. The van der Waals surface area contributed by atoms with Gasteiger partial charge < -0.3 is 4.90 Å². The maximum absolute atomic E-state index is 14.6. The largest absolute Gasteiger partial charge is 0.302 e. The third kappa shape index (κ3) is 4.11. The molecule has 1 unspecified atom stereocenters. The van der Waals surface area contributed by atoms with Crippen molar-refractivity contribution in [2.75, 3.05) is 6.54 Å². The number of aryl methyl sites for hydroxylation is 1. The Morgan fingerprint density at radius 1 is 1.32 bits per heavy atom. The highest BCUT2D eigenvalue weighted by atomic mass is 79.9. The van der Waals surface area contributed by atoms with Gasteiger partial charge in [-0.2, -0.15) is 5.06 Å². The SMILES string of the molecule is CC(C)CCc1cc(F)c(C(=O)N2CC(=O)N(O)C2c2cc(Br)cs2)c(F)c1. The summed E-state index contributed by atoms with van der Waals surface area (Å²) in [7, 11) is 0. The third-order valence-corrected chi connectivity index (χ3v) is 6.25. The van der Waals surface area contributed by atoms with Crippen molar-refractivity contribution in [1.82, 2.24) is 9.96 Å². The van der Waals surface area contributed by atoms with E-state index in [0.29, 0.717) is 32.3 Å². The summed E-state index contributed by atoms with van der Waals surface area (Å²) >= 11 is 4.48. The Hall–Kier alpha value is -1.84. The molecule has 9 heteroatoms. The molecule has 3 rings (SSSR count). The van der Waals surface area contributed by atoms with E-state index in [1.54, 1.807) is 11.4 Å². The molecule has 0 saturated carbocycles. The van der Waals surface area contributed by atoms with Gasteiger partial charge in [-0.1, -0.05) is 13.8 Å². The van der Waals surface area contributed by atoms with Crippen molar-refractivity contribution in [3.8, 4) is 0 Å². The molecule has 28 heavy (non-hydrogen) atoms. The predicted octanol–water partition coefficient (Wildman–Crippen LogP) is 4.75. The average molecular weight is 473 g/mol. The van der Waals surface area contributed by atoms with Crippen LogP contribution in [0.15, 0.2) is 28.1 Å². The average Bonchev–Trinajstić information content (AvgIpc) is 3.16. The molecule has 1 aliphatic heterocycles. The summed E-state index contributed by atoms with van der Waals surface area (Å²) in [5, 5.41) is 12.2. The molecule has 0 bridgehead atoms. The first-order chi connectivity index (χ1) is 13.2. The van der Waals surface area contributed by atoms with Crippen molar-refractivity contribution >= 4 is 39.1 Å². The molecule has 0 spiro atoms. The van der Waals surface area contributed by atoms with Crippen LogP contribution in [0.3, 0.4) is 0 Å². The zero-order chi connectivity index (χ0) is 20.6. The highest BCUT2D eigenvalue weighted by molar-refractivity contribution is 9.10. The molecule has 1 atom stereocenters. The van der Waals surface area contributed by atoms with Gasteiger partial charge in [-0.25, -0.2) is 8.78 Å². The van der Waals surface area contributed by atoms with Crippen LogP contribution in [0.1, 0.15) is 47.2 Å². The van der Waals surface area contributed by atoms with Crippen molar-refractivity contribution in [2.24, 2.45) is 5.92 Å². The molecule has 2 heterocycles. The van der Waals surface area contributed by atoms with E-state index in [4.69, 9.17) is 0 Å². The molecule has 1 aliphatic rings. The van der Waals surface area contributed by atoms with E-state index >= 15 is 0 Å². The molecule has 150 valence electrons. The topological polar surface area (TPSA) is 60.9 Å². The van der Waals surface area contributed by atoms with E-state index in [1.807, 2.05) is 13.8 Å². The number of thiophene rings is 1. The Morgan fingerprint density at radius 2 is 1.96 bits per heavy atom. The van der Waals surface area contributed by atoms with Crippen LogP contribution in [-0.2, 0) is 11.2 Å². The van der Waals surface area contributed by atoms with Gasteiger partial charge in [-0.05, 0) is 58.5 Å². The van der Waals surface area contributed by atoms with Crippen LogP contribution < -0.4 is 0 Å². The van der Waals surface area contributed by atoms with Gasteiger partial charge in [0.05, 0.1) is 4.88 Å². The smallest absolute Gasteiger partial charge is 0.268 e. The highest BCUT2D eigenvalue weighted by Crippen LogP contribution is 2.36. The number of benzene rings is 1. The lowest BCUT2D eigenvalue weighted by Gasteiger charge is -2.25. The van der Waals surface area contributed by atoms with Gasteiger partial charge in [-0.3, -0.25) is 14.8 Å². The Bertz CT molecular complexity index is 895. The minimum atomic E-state index is -1.13. The molecule has 0 radical (unpaired) electrons. The molecule has 1 aromatic carbocycles. The van der Waals surface area contributed by atoms with E-state index in [-0.39, 0.29) is 0 Å². The second kappa shape index (κ2) is 8.26. The van der Waals surface area contributed by atoms with Crippen LogP contribution in [0.5, 0.6) is 0 Å². The second-order valence-electron chi connectivity index (χ2n) is 7.08. The number of hydrogen-bond acceptors (Lipinski definition) is 4. The van der Waals surface area contributed by atoms with Gasteiger partial charge in [0, 0.05) is 9.85 Å². The number of hydrogen-bond donors (Lipinski definition) is 1. The molecule has 1 N–H and O–H groups in total. The van der Waals surface area contributed by atoms with Crippen molar-refractivity contribution in [2.45, 2.75) is 32.9 Å². The summed E-state index contributed by atoms with van der Waals surface area (Å²) < 4.78 is 29.9. The minimum Gasteiger partial charge on any atom is -0.302 e. The lowest BCUT2D eigenvalue weighted by Crippen LogP contribution is -2.35. The summed E-state index contributed by atoms with van der Waals surface area (Å²) in [6, 6.07) is 3.95. The first kappa shape index (κ1) is 20.9. The standard InChI is InChI=1S/C19H19BrF2N2O3S/c1-10(2)3-4-11-5-13(21)17(14(22)6-11)19(26)23-8-16(25)24(27)18(23)15-7-12(20)9-28-15/h5-7,9-10,18,27H,3-4,8H2,1-2H3. The zero-order valence-corrected chi connectivity index (χ0v) is 17.7. The molecular formula is C19H19BrF2N2O3S. The van der Waals surface area contributed by atoms with Crippen LogP contribution in [0.4, 0.5) is 8.78 Å². The monoisotopic (exact) mass is 472 g/mol. The maximum atomic E-state index is 14.6. The predicted molar refractivity (Wildman–Crippen MR) is 104 cm³/mol. The Labute approximate surface area is 173 Å². The first-order valence-corrected chi connectivity index (χ1v) is 10.4. The van der Waals surface area contributed by atoms with Crippen LogP contribution in [0.25, 0.3) is 0 Å². The van der Waals surface area contributed by atoms with Crippen molar-refractivity contribution < 1.29 is 23.6 Å². The Morgan fingerprint density at radius 3 is 2.50 bits per heavy atom. The number of halogens is 3. The fraction of sp³-hybridized carbons (Fsp3) is 0.368. The normalized spacial score (nSPS) is 17.1. The van der Waals surface area contributed by atoms with Crippen LogP contribution in [0, 0.1) is 17.6 Å². The third-order valence-electron chi connectivity index (χ3n) is 4.52. The minimum absolute atomic E-state index is 0.379. The fourth-order valence-electron chi connectivity index (χ4n) is 3.07. The van der Waals surface area contributed by atoms with Crippen molar-refractivity contribution in [3.63, 3.8) is 0 Å². The molecule has 1 saturated heterocycles. The Balaban J connectivity index is 1.93. The van der Waals surface area contributed by atoms with Gasteiger partial charge in [0.25, 0.3) is 11.8 Å². The highest BCUT2D eigenvalue weighted by Gasteiger charge is 2.43. The van der Waals surface area contributed by atoms with Gasteiger partial charge >= 0.3 is 0 Å². The van der Waals surface area contributed by atoms with E-state index in [0.717, 1.165) is 23.5 Å². The second-order valence-corrected chi connectivity index (χ2v) is 8.94. The van der Waals surface area contributed by atoms with Gasteiger partial charge in [-0.15, -0.1) is 11.3 Å². The lowest BCUT2D eigenvalue weighted by atomic mass is 10.0. The number of carbonyl (C=O) groups excluding carboxylic acids is 2. The van der Waals surface area contributed by atoms with Gasteiger partial charge in [0.15, 0.2) is 6.17 Å². The molecule has 1 aromatic heterocycles. The molecule has 2 amide bonds. The molecule has 1 fully saturated rings. The maximum Gasteiger partial charge on any atom is 0.268 e. The van der Waals surface area contributed by atoms with Gasteiger partial charge in [0.1, 0.15) is 23.7 Å². The summed E-state index contributed by atoms with van der Waals surface area (Å²) in [4.78, 5) is 26.3. The van der Waals surface area contributed by atoms with Gasteiger partial charge in [0.2, 0.25) is 0 Å². The first-order valence-electron chi connectivity index (χ1n) is 8.72. The summed E-state index contributed by atoms with van der Waals surface area (Å²) in [5.74, 6) is -3.27. The molecule has 5 nitrogen and oxygen atoms in total. The van der Waals surface area contributed by atoms with E-state index in [2.05, 4.69) is 15.9 Å². The summed E-state index contributed by atoms with van der Waals surface area (Å²) in [5.41, 5.74) is -0.253. The lowest BCUT2D eigenvalue weighted by molar-refractivity contribution is -0.168. The molecular weight excluding hydrogens is 454 g/mol. The molecule has 2 aromatic rings. The van der Waals surface area contributed by atoms with E-state index < -0.39 is 41.7 Å². The van der Waals surface area contributed by atoms with Crippen LogP contribution in [-0.4, -0.2) is 33.5 Å². The van der Waals surface area contributed by atoms with Crippen molar-refractivity contribution in [1.29, 1.82) is 0 Å². The number of hydroxylamine groups is 2. The van der Waals surface area contributed by atoms with E-state index in [9.17, 15) is 23.6 Å². The zero-order valence-electron chi connectivity index (χ0n) is 15.3. The summed E-state index contributed by atoms with van der Waals surface area (Å²) in [6.07, 6.45) is 0.135. The molecule has 0 aliphatic carbocycles. The summed E-state index contributed by atoms with van der Waals surface area (Å²) in [6.45, 7) is 3.56. The Kier molecular flexibility index (Phi) is 6.16. The van der Waals surface area contributed by atoms with Crippen LogP contribution in [0.2, 0.25) is 0 Å².